The zero-order valence-electron chi connectivity index (χ0n) is 12.9. The van der Waals surface area contributed by atoms with E-state index in [1.54, 1.807) is 0 Å². The monoisotopic (exact) mass is 285 g/mol. The summed E-state index contributed by atoms with van der Waals surface area (Å²) in [7, 11) is 0. The van der Waals surface area contributed by atoms with Gasteiger partial charge in [-0.3, -0.25) is 4.99 Å². The Morgan fingerprint density at radius 3 is 2.55 bits per heavy atom. The third kappa shape index (κ3) is 7.70. The van der Waals surface area contributed by atoms with Crippen LogP contribution in [0.1, 0.15) is 58.3 Å². The van der Waals surface area contributed by atoms with Gasteiger partial charge in [0.05, 0.1) is 12.1 Å². The number of hydrogen-bond donors (Lipinski definition) is 3. The molecule has 1 aliphatic rings. The first-order valence-corrected chi connectivity index (χ1v) is 8.00. The van der Waals surface area contributed by atoms with Crippen LogP contribution in [0.25, 0.3) is 0 Å². The molecule has 118 valence electrons. The fraction of sp³-hybridized carbons (Fsp3) is 0.933. The van der Waals surface area contributed by atoms with E-state index in [1.807, 2.05) is 0 Å². The standard InChI is InChI=1S/C15H31N3O2/c1-2-3-4-5-6-7-10-17-14(16)18-13-15(19)8-11-20-12-9-15/h19H,2-13H2,1H3,(H3,16,17,18). The second-order valence-corrected chi connectivity index (χ2v) is 5.73. The minimum atomic E-state index is -0.731. The lowest BCUT2D eigenvalue weighted by Crippen LogP contribution is -2.41. The van der Waals surface area contributed by atoms with Crippen LogP contribution in [0.5, 0.6) is 0 Å². The predicted octanol–water partition coefficient (Wildman–Crippen LogP) is 1.79. The third-order valence-electron chi connectivity index (χ3n) is 3.80. The van der Waals surface area contributed by atoms with Gasteiger partial charge in [0.1, 0.15) is 0 Å². The first-order valence-electron chi connectivity index (χ1n) is 8.00. The maximum Gasteiger partial charge on any atom is 0.188 e. The van der Waals surface area contributed by atoms with Crippen molar-refractivity contribution in [3.05, 3.63) is 0 Å². The average Bonchev–Trinajstić information content (AvgIpc) is 2.45. The Bertz CT molecular complexity index is 276. The van der Waals surface area contributed by atoms with Crippen molar-refractivity contribution in [2.24, 2.45) is 10.7 Å². The molecule has 0 unspecified atom stereocenters. The highest BCUT2D eigenvalue weighted by molar-refractivity contribution is 5.77. The Hall–Kier alpha value is -0.810. The molecule has 4 N–H and O–H groups in total. The number of rotatable bonds is 9. The maximum absolute atomic E-state index is 10.2. The van der Waals surface area contributed by atoms with Crippen molar-refractivity contribution < 1.29 is 9.84 Å². The summed E-state index contributed by atoms with van der Waals surface area (Å²) in [5.41, 5.74) is 5.08. The molecule has 1 heterocycles. The van der Waals surface area contributed by atoms with Crippen molar-refractivity contribution in [3.8, 4) is 0 Å². The number of nitrogens with one attached hydrogen (secondary N) is 1. The number of aliphatic hydroxyl groups is 1. The zero-order valence-corrected chi connectivity index (χ0v) is 12.9. The number of unbranched alkanes of at least 4 members (excludes halogenated alkanes) is 5. The van der Waals surface area contributed by atoms with Gasteiger partial charge in [-0.1, -0.05) is 39.0 Å². The Morgan fingerprint density at radius 2 is 1.85 bits per heavy atom. The molecule has 1 saturated heterocycles. The van der Waals surface area contributed by atoms with Crippen LogP contribution in [0.15, 0.2) is 4.99 Å². The Kier molecular flexibility index (Phi) is 8.62. The van der Waals surface area contributed by atoms with Crippen LogP contribution in [0.2, 0.25) is 0 Å². The van der Waals surface area contributed by atoms with E-state index in [0.29, 0.717) is 38.6 Å². The summed E-state index contributed by atoms with van der Waals surface area (Å²) in [6.07, 6.45) is 8.88. The van der Waals surface area contributed by atoms with Gasteiger partial charge in [-0.15, -0.1) is 0 Å². The molecule has 0 radical (unpaired) electrons. The van der Waals surface area contributed by atoms with Crippen LogP contribution < -0.4 is 11.1 Å². The molecule has 0 aromatic carbocycles. The summed E-state index contributed by atoms with van der Waals surface area (Å²) in [6.45, 7) is 4.67. The quantitative estimate of drug-likeness (QED) is 0.343. The molecule has 20 heavy (non-hydrogen) atoms. The van der Waals surface area contributed by atoms with E-state index >= 15 is 0 Å². The fourth-order valence-corrected chi connectivity index (χ4v) is 2.32. The van der Waals surface area contributed by atoms with Crippen LogP contribution in [0, 0.1) is 0 Å². The van der Waals surface area contributed by atoms with Gasteiger partial charge < -0.3 is 20.9 Å². The maximum atomic E-state index is 10.2. The normalized spacial score (nSPS) is 19.0. The lowest BCUT2D eigenvalue weighted by atomic mass is 9.95. The molecule has 0 spiro atoms. The minimum Gasteiger partial charge on any atom is -0.388 e. The van der Waals surface area contributed by atoms with Crippen molar-refractivity contribution in [1.29, 1.82) is 0 Å². The summed E-state index contributed by atoms with van der Waals surface area (Å²) in [4.78, 5) is 4.24. The van der Waals surface area contributed by atoms with Gasteiger partial charge in [-0.05, 0) is 6.42 Å². The van der Waals surface area contributed by atoms with Gasteiger partial charge >= 0.3 is 0 Å². The molecule has 1 rings (SSSR count). The van der Waals surface area contributed by atoms with Gasteiger partial charge in [0.15, 0.2) is 5.96 Å². The molecular weight excluding hydrogens is 254 g/mol. The molecule has 5 heteroatoms. The second-order valence-electron chi connectivity index (χ2n) is 5.73. The second kappa shape index (κ2) is 10.00. The Morgan fingerprint density at radius 1 is 1.20 bits per heavy atom. The van der Waals surface area contributed by atoms with Crippen molar-refractivity contribution in [2.45, 2.75) is 63.9 Å². The van der Waals surface area contributed by atoms with Gasteiger partial charge in [0.25, 0.3) is 0 Å². The Labute approximate surface area is 123 Å². The lowest BCUT2D eigenvalue weighted by molar-refractivity contribution is -0.0565. The van der Waals surface area contributed by atoms with Crippen LogP contribution in [-0.2, 0) is 4.74 Å². The highest BCUT2D eigenvalue weighted by Gasteiger charge is 2.29. The molecule has 1 fully saturated rings. The molecule has 0 bridgehead atoms. The van der Waals surface area contributed by atoms with E-state index in [9.17, 15) is 5.11 Å². The Balaban J connectivity index is 2.06. The summed E-state index contributed by atoms with van der Waals surface area (Å²) < 4.78 is 5.24. The first kappa shape index (κ1) is 17.2. The molecule has 0 amide bonds. The highest BCUT2D eigenvalue weighted by Crippen LogP contribution is 2.20. The smallest absolute Gasteiger partial charge is 0.188 e. The van der Waals surface area contributed by atoms with E-state index in [2.05, 4.69) is 17.2 Å². The van der Waals surface area contributed by atoms with Crippen molar-refractivity contribution in [3.63, 3.8) is 0 Å². The lowest BCUT2D eigenvalue weighted by Gasteiger charge is -2.30. The summed E-state index contributed by atoms with van der Waals surface area (Å²) >= 11 is 0. The summed E-state index contributed by atoms with van der Waals surface area (Å²) in [5, 5.41) is 13.4. The topological polar surface area (TPSA) is 79.9 Å². The molecule has 1 aliphatic heterocycles. The first-order chi connectivity index (χ1) is 9.66. The summed E-state index contributed by atoms with van der Waals surface area (Å²) in [5.74, 6) is 0.443. The van der Waals surface area contributed by atoms with Gasteiger partial charge in [0.2, 0.25) is 0 Å². The van der Waals surface area contributed by atoms with Crippen molar-refractivity contribution >= 4 is 5.96 Å². The van der Waals surface area contributed by atoms with E-state index < -0.39 is 5.60 Å². The van der Waals surface area contributed by atoms with E-state index in [1.165, 1.54) is 32.1 Å². The molecule has 0 atom stereocenters. The van der Waals surface area contributed by atoms with Gasteiger partial charge in [0, 0.05) is 32.6 Å². The third-order valence-corrected chi connectivity index (χ3v) is 3.80. The number of nitrogens with zero attached hydrogens (tertiary/aromatic N) is 1. The summed E-state index contributed by atoms with van der Waals surface area (Å²) in [6, 6.07) is 0. The number of hydrogen-bond acceptors (Lipinski definition) is 3. The van der Waals surface area contributed by atoms with Crippen LogP contribution in [0.3, 0.4) is 0 Å². The van der Waals surface area contributed by atoms with Crippen LogP contribution in [-0.4, -0.2) is 43.0 Å². The zero-order chi connectivity index (χ0) is 14.7. The largest absolute Gasteiger partial charge is 0.388 e. The molecule has 0 saturated carbocycles. The number of guanidine groups is 1. The van der Waals surface area contributed by atoms with E-state index in [4.69, 9.17) is 10.5 Å². The van der Waals surface area contributed by atoms with Crippen molar-refractivity contribution in [2.75, 3.05) is 26.3 Å². The van der Waals surface area contributed by atoms with E-state index in [0.717, 1.165) is 13.0 Å². The fourth-order valence-electron chi connectivity index (χ4n) is 2.32. The predicted molar refractivity (Wildman–Crippen MR) is 82.9 cm³/mol. The van der Waals surface area contributed by atoms with Crippen LogP contribution in [0.4, 0.5) is 0 Å². The number of ether oxygens (including phenoxy) is 1. The molecular formula is C15H31N3O2. The molecule has 0 aliphatic carbocycles. The average molecular weight is 285 g/mol. The van der Waals surface area contributed by atoms with Crippen LogP contribution >= 0.6 is 0 Å². The highest BCUT2D eigenvalue weighted by atomic mass is 16.5. The van der Waals surface area contributed by atoms with Gasteiger partial charge in [-0.25, -0.2) is 0 Å². The SMILES string of the molecule is CCCCCCCCNC(N)=NCC1(O)CCOCC1. The van der Waals surface area contributed by atoms with E-state index in [-0.39, 0.29) is 0 Å². The molecule has 0 aromatic heterocycles. The number of aliphatic imine (C=N–C) groups is 1. The molecule has 5 nitrogen and oxygen atoms in total. The van der Waals surface area contributed by atoms with Gasteiger partial charge in [-0.2, -0.15) is 0 Å². The van der Waals surface area contributed by atoms with Crippen molar-refractivity contribution in [1.82, 2.24) is 5.32 Å². The number of nitrogens with two attached hydrogens (primary N) is 1. The molecule has 0 aromatic rings. The minimum absolute atomic E-state index is 0.367.